The second kappa shape index (κ2) is 4.12. The van der Waals surface area contributed by atoms with E-state index in [0.717, 1.165) is 10.6 Å². The van der Waals surface area contributed by atoms with Crippen LogP contribution in [0.2, 0.25) is 0 Å². The molecule has 96 valence electrons. The van der Waals surface area contributed by atoms with E-state index in [1.807, 2.05) is 0 Å². The van der Waals surface area contributed by atoms with Crippen LogP contribution < -0.4 is 0 Å². The number of pyridine rings is 1. The number of Topliss-reactive ketones (excluding diaryl/α,β-unsaturated/α-hetero) is 1. The van der Waals surface area contributed by atoms with Crippen molar-refractivity contribution in [2.45, 2.75) is 26.4 Å². The largest absolute Gasteiger partial charge is 0.435 e. The van der Waals surface area contributed by atoms with E-state index in [-0.39, 0.29) is 23.3 Å². The summed E-state index contributed by atoms with van der Waals surface area (Å²) < 4.78 is 39.0. The van der Waals surface area contributed by atoms with Crippen LogP contribution in [0.1, 0.15) is 35.1 Å². The van der Waals surface area contributed by atoms with E-state index in [1.165, 1.54) is 0 Å². The maximum atomic E-state index is 12.6. The third kappa shape index (κ3) is 1.98. The molecule has 2 heterocycles. The highest BCUT2D eigenvalue weighted by Crippen LogP contribution is 2.30. The van der Waals surface area contributed by atoms with E-state index >= 15 is 0 Å². The number of ketones is 1. The molecule has 0 aliphatic carbocycles. The van der Waals surface area contributed by atoms with Gasteiger partial charge in [0.1, 0.15) is 0 Å². The summed E-state index contributed by atoms with van der Waals surface area (Å²) in [6, 6.07) is 4.04. The van der Waals surface area contributed by atoms with Gasteiger partial charge in [-0.05, 0) is 25.1 Å². The monoisotopic (exact) mass is 256 g/mol. The maximum absolute atomic E-state index is 12.6. The van der Waals surface area contributed by atoms with Crippen molar-refractivity contribution < 1.29 is 18.0 Å². The zero-order valence-corrected chi connectivity index (χ0v) is 9.88. The van der Waals surface area contributed by atoms with Gasteiger partial charge in [0.25, 0.3) is 0 Å². The molecule has 0 saturated carbocycles. The highest BCUT2D eigenvalue weighted by molar-refractivity contribution is 6.02. The molecule has 0 atom stereocenters. The van der Waals surface area contributed by atoms with Crippen molar-refractivity contribution in [1.82, 2.24) is 9.61 Å². The summed E-state index contributed by atoms with van der Waals surface area (Å²) in [6.45, 7) is 3.31. The molecule has 0 aromatic carbocycles. The van der Waals surface area contributed by atoms with Crippen LogP contribution >= 0.6 is 0 Å². The number of aromatic nitrogens is 2. The zero-order valence-electron chi connectivity index (χ0n) is 9.88. The van der Waals surface area contributed by atoms with Crippen LogP contribution in [-0.4, -0.2) is 15.4 Å². The maximum Gasteiger partial charge on any atom is 0.435 e. The minimum Gasteiger partial charge on any atom is -0.294 e. The Hall–Kier alpha value is -1.85. The van der Waals surface area contributed by atoms with Crippen LogP contribution in [0.25, 0.3) is 5.52 Å². The molecule has 0 bridgehead atoms. The SMILES string of the molecule is CCC(=O)c1ccc(C)n2nc(C(F)(F)F)cc12. The lowest BCUT2D eigenvalue weighted by Gasteiger charge is -2.03. The molecule has 18 heavy (non-hydrogen) atoms. The zero-order chi connectivity index (χ0) is 13.5. The van der Waals surface area contributed by atoms with Gasteiger partial charge in [-0.1, -0.05) is 6.92 Å². The molecule has 3 nitrogen and oxygen atoms in total. The Bertz CT molecular complexity index is 614. The number of carbonyl (C=O) groups excluding carboxylic acids is 1. The van der Waals surface area contributed by atoms with Crippen molar-refractivity contribution in [2.75, 3.05) is 0 Å². The summed E-state index contributed by atoms with van der Waals surface area (Å²) in [5.41, 5.74) is 0.0374. The summed E-state index contributed by atoms with van der Waals surface area (Å²) in [5, 5.41) is 3.50. The molecule has 0 amide bonds. The second-order valence-corrected chi connectivity index (χ2v) is 3.99. The van der Waals surface area contributed by atoms with E-state index in [2.05, 4.69) is 5.10 Å². The molecule has 6 heteroatoms. The lowest BCUT2D eigenvalue weighted by Crippen LogP contribution is -2.06. The highest BCUT2D eigenvalue weighted by Gasteiger charge is 2.34. The molecule has 0 aliphatic rings. The van der Waals surface area contributed by atoms with E-state index < -0.39 is 11.9 Å². The van der Waals surface area contributed by atoms with Gasteiger partial charge in [-0.15, -0.1) is 0 Å². The number of halogens is 3. The van der Waals surface area contributed by atoms with E-state index in [0.29, 0.717) is 5.69 Å². The third-order valence-electron chi connectivity index (χ3n) is 2.72. The number of aryl methyl sites for hydroxylation is 1. The summed E-state index contributed by atoms with van der Waals surface area (Å²) in [4.78, 5) is 11.7. The van der Waals surface area contributed by atoms with Gasteiger partial charge in [0, 0.05) is 17.7 Å². The van der Waals surface area contributed by atoms with E-state index in [1.54, 1.807) is 26.0 Å². The number of fused-ring (bicyclic) bond motifs is 1. The van der Waals surface area contributed by atoms with Crippen molar-refractivity contribution in [3.8, 4) is 0 Å². The van der Waals surface area contributed by atoms with Crippen LogP contribution in [0.15, 0.2) is 18.2 Å². The Morgan fingerprint density at radius 1 is 1.39 bits per heavy atom. The summed E-state index contributed by atoms with van der Waals surface area (Å²) >= 11 is 0. The van der Waals surface area contributed by atoms with Gasteiger partial charge in [0.05, 0.1) is 5.52 Å². The fourth-order valence-corrected chi connectivity index (χ4v) is 1.77. The van der Waals surface area contributed by atoms with Crippen molar-refractivity contribution in [2.24, 2.45) is 0 Å². The highest BCUT2D eigenvalue weighted by atomic mass is 19.4. The molecule has 0 unspecified atom stereocenters. The minimum absolute atomic E-state index is 0.200. The van der Waals surface area contributed by atoms with Crippen molar-refractivity contribution in [3.63, 3.8) is 0 Å². The van der Waals surface area contributed by atoms with Gasteiger partial charge in [-0.25, -0.2) is 4.52 Å². The molecule has 0 aliphatic heterocycles. The number of alkyl halides is 3. The molecule has 2 aromatic rings. The number of rotatable bonds is 2. The van der Waals surface area contributed by atoms with Crippen LogP contribution in [0.4, 0.5) is 13.2 Å². The standard InChI is InChI=1S/C12H11F3N2O/c1-3-10(18)8-5-4-7(2)17-9(8)6-11(16-17)12(13,14)15/h4-6H,3H2,1-2H3. The van der Waals surface area contributed by atoms with Gasteiger partial charge < -0.3 is 0 Å². The molecule has 0 saturated heterocycles. The number of carbonyl (C=O) groups is 1. The first-order valence-corrected chi connectivity index (χ1v) is 5.44. The van der Waals surface area contributed by atoms with E-state index in [4.69, 9.17) is 0 Å². The van der Waals surface area contributed by atoms with Gasteiger partial charge in [0.15, 0.2) is 11.5 Å². The molecule has 0 radical (unpaired) electrons. The molecule has 2 aromatic heterocycles. The Morgan fingerprint density at radius 2 is 2.06 bits per heavy atom. The van der Waals surface area contributed by atoms with Gasteiger partial charge >= 0.3 is 6.18 Å². The molecular formula is C12H11F3N2O. The van der Waals surface area contributed by atoms with Crippen LogP contribution in [0, 0.1) is 6.92 Å². The minimum atomic E-state index is -4.51. The average Bonchev–Trinajstić information content (AvgIpc) is 2.74. The Labute approximate surface area is 101 Å². The molecule has 0 N–H and O–H groups in total. The predicted octanol–water partition coefficient (Wildman–Crippen LogP) is 3.25. The Morgan fingerprint density at radius 3 is 2.61 bits per heavy atom. The number of nitrogens with zero attached hydrogens (tertiary/aromatic N) is 2. The lowest BCUT2D eigenvalue weighted by atomic mass is 10.1. The first-order chi connectivity index (χ1) is 8.34. The van der Waals surface area contributed by atoms with Crippen molar-refractivity contribution in [1.29, 1.82) is 0 Å². The molecule has 0 fully saturated rings. The quantitative estimate of drug-likeness (QED) is 0.773. The summed E-state index contributed by atoms with van der Waals surface area (Å²) in [7, 11) is 0. The lowest BCUT2D eigenvalue weighted by molar-refractivity contribution is -0.141. The predicted molar refractivity (Wildman–Crippen MR) is 59.6 cm³/mol. The van der Waals surface area contributed by atoms with Crippen LogP contribution in [-0.2, 0) is 6.18 Å². The first-order valence-electron chi connectivity index (χ1n) is 5.44. The summed E-state index contributed by atoms with van der Waals surface area (Å²) in [6.07, 6.45) is -4.27. The average molecular weight is 256 g/mol. The van der Waals surface area contributed by atoms with Crippen LogP contribution in [0.3, 0.4) is 0 Å². The summed E-state index contributed by atoms with van der Waals surface area (Å²) in [5.74, 6) is -0.200. The second-order valence-electron chi connectivity index (χ2n) is 3.99. The van der Waals surface area contributed by atoms with Crippen molar-refractivity contribution >= 4 is 11.3 Å². The number of hydrogen-bond acceptors (Lipinski definition) is 2. The third-order valence-corrected chi connectivity index (χ3v) is 2.72. The topological polar surface area (TPSA) is 34.4 Å². The van der Waals surface area contributed by atoms with Gasteiger partial charge in [-0.2, -0.15) is 18.3 Å². The molecule has 0 spiro atoms. The van der Waals surface area contributed by atoms with Crippen molar-refractivity contribution in [3.05, 3.63) is 35.2 Å². The molecule has 2 rings (SSSR count). The normalized spacial score (nSPS) is 12.1. The smallest absolute Gasteiger partial charge is 0.294 e. The van der Waals surface area contributed by atoms with Gasteiger partial charge in [-0.3, -0.25) is 4.79 Å². The fourth-order valence-electron chi connectivity index (χ4n) is 1.77. The fraction of sp³-hybridized carbons (Fsp3) is 0.333. The Kier molecular flexibility index (Phi) is 2.88. The van der Waals surface area contributed by atoms with E-state index in [9.17, 15) is 18.0 Å². The first kappa shape index (κ1) is 12.6. The van der Waals surface area contributed by atoms with Gasteiger partial charge in [0.2, 0.25) is 0 Å². The molecular weight excluding hydrogens is 245 g/mol. The van der Waals surface area contributed by atoms with Crippen LogP contribution in [0.5, 0.6) is 0 Å². The number of hydrogen-bond donors (Lipinski definition) is 0. The Balaban J connectivity index is 2.73.